The van der Waals surface area contributed by atoms with Crippen LogP contribution in [0.5, 0.6) is 0 Å². The third-order valence-corrected chi connectivity index (χ3v) is 1.78. The highest BCUT2D eigenvalue weighted by molar-refractivity contribution is 5.33. The van der Waals surface area contributed by atoms with Gasteiger partial charge in [-0.3, -0.25) is 0 Å². The molecule has 0 aliphatic carbocycles. The average molecular weight is 177 g/mol. The molecule has 0 amide bonds. The molecule has 0 fully saturated rings. The molecule has 0 N–H and O–H groups in total. The van der Waals surface area contributed by atoms with Crippen LogP contribution >= 0.6 is 0 Å². The average Bonchev–Trinajstić information content (AvgIpc) is 2.21. The predicted molar refractivity (Wildman–Crippen MR) is 49.2 cm³/mol. The highest BCUT2D eigenvalue weighted by Crippen LogP contribution is 2.15. The van der Waals surface area contributed by atoms with Gasteiger partial charge < -0.3 is 4.74 Å². The molecule has 1 atom stereocenters. The minimum atomic E-state index is -0.150. The van der Waals surface area contributed by atoms with Crippen molar-refractivity contribution >= 4 is 6.08 Å². The zero-order valence-corrected chi connectivity index (χ0v) is 7.43. The third kappa shape index (κ3) is 2.82. The van der Waals surface area contributed by atoms with Crippen LogP contribution in [-0.2, 0) is 9.53 Å². The number of hydrogen-bond donors (Lipinski definition) is 0. The van der Waals surface area contributed by atoms with Gasteiger partial charge in [0.1, 0.15) is 6.10 Å². The Labute approximate surface area is 77.1 Å². The summed E-state index contributed by atoms with van der Waals surface area (Å²) in [6.45, 7) is 0.323. The molecule has 0 aliphatic rings. The second-order valence-electron chi connectivity index (χ2n) is 2.57. The van der Waals surface area contributed by atoms with Crippen LogP contribution in [0, 0.1) is 0 Å². The first-order valence-corrected chi connectivity index (χ1v) is 4.00. The third-order valence-electron chi connectivity index (χ3n) is 1.78. The van der Waals surface area contributed by atoms with Crippen molar-refractivity contribution in [3.63, 3.8) is 0 Å². The highest BCUT2D eigenvalue weighted by atomic mass is 16.5. The topological polar surface area (TPSA) is 38.7 Å². The first-order chi connectivity index (χ1) is 6.38. The lowest BCUT2D eigenvalue weighted by Crippen LogP contribution is -2.04. The van der Waals surface area contributed by atoms with Gasteiger partial charge in [0.05, 0.1) is 6.54 Å². The fourth-order valence-corrected chi connectivity index (χ4v) is 1.10. The van der Waals surface area contributed by atoms with E-state index in [1.54, 1.807) is 7.11 Å². The number of aliphatic imine (C=N–C) groups is 1. The number of carbonyl (C=O) groups excluding carboxylic acids is 1. The van der Waals surface area contributed by atoms with Crippen LogP contribution in [0.4, 0.5) is 0 Å². The molecule has 0 saturated carbocycles. The summed E-state index contributed by atoms with van der Waals surface area (Å²) in [6.07, 6.45) is 1.35. The van der Waals surface area contributed by atoms with Gasteiger partial charge in [-0.25, -0.2) is 9.79 Å². The molecule has 3 nitrogen and oxygen atoms in total. The van der Waals surface area contributed by atoms with Gasteiger partial charge in [-0.15, -0.1) is 0 Å². The Bertz CT molecular complexity index is 291. The maximum absolute atomic E-state index is 9.91. The highest BCUT2D eigenvalue weighted by Gasteiger charge is 2.07. The Morgan fingerprint density at radius 3 is 2.69 bits per heavy atom. The Kier molecular flexibility index (Phi) is 3.89. The van der Waals surface area contributed by atoms with Crippen molar-refractivity contribution in [1.82, 2.24) is 0 Å². The Balaban J connectivity index is 2.72. The number of methoxy groups -OCH3 is 1. The lowest BCUT2D eigenvalue weighted by Gasteiger charge is -2.11. The lowest BCUT2D eigenvalue weighted by atomic mass is 10.1. The van der Waals surface area contributed by atoms with Crippen molar-refractivity contribution in [2.75, 3.05) is 13.7 Å². The SMILES string of the molecule is COC(CN=C=O)c1ccccc1. The standard InChI is InChI=1S/C10H11NO2/c1-13-10(7-11-8-12)9-5-3-2-4-6-9/h2-6,10H,7H2,1H3. The quantitative estimate of drug-likeness (QED) is 0.518. The van der Waals surface area contributed by atoms with Gasteiger partial charge >= 0.3 is 0 Å². The van der Waals surface area contributed by atoms with E-state index in [-0.39, 0.29) is 6.10 Å². The molecule has 68 valence electrons. The number of hydrogen-bond acceptors (Lipinski definition) is 3. The van der Waals surface area contributed by atoms with Crippen molar-refractivity contribution < 1.29 is 9.53 Å². The zero-order valence-electron chi connectivity index (χ0n) is 7.43. The lowest BCUT2D eigenvalue weighted by molar-refractivity contribution is 0.111. The normalized spacial score (nSPS) is 11.8. The maximum atomic E-state index is 9.91. The molecule has 0 aromatic heterocycles. The Morgan fingerprint density at radius 1 is 1.46 bits per heavy atom. The second-order valence-corrected chi connectivity index (χ2v) is 2.57. The molecular formula is C10H11NO2. The van der Waals surface area contributed by atoms with Crippen molar-refractivity contribution in [3.8, 4) is 0 Å². The van der Waals surface area contributed by atoms with Gasteiger partial charge in [-0.2, -0.15) is 0 Å². The first kappa shape index (κ1) is 9.65. The van der Waals surface area contributed by atoms with Gasteiger partial charge in [0, 0.05) is 7.11 Å². The van der Waals surface area contributed by atoms with Crippen LogP contribution in [0.25, 0.3) is 0 Å². The summed E-state index contributed by atoms with van der Waals surface area (Å²) >= 11 is 0. The summed E-state index contributed by atoms with van der Waals surface area (Å²) in [6, 6.07) is 9.65. The second kappa shape index (κ2) is 5.25. The Hall–Kier alpha value is -1.44. The van der Waals surface area contributed by atoms with Crippen molar-refractivity contribution in [2.24, 2.45) is 4.99 Å². The van der Waals surface area contributed by atoms with Crippen LogP contribution in [0.2, 0.25) is 0 Å². The molecule has 1 aromatic rings. The van der Waals surface area contributed by atoms with Crippen LogP contribution in [0.3, 0.4) is 0 Å². The molecule has 3 heteroatoms. The van der Waals surface area contributed by atoms with Gasteiger partial charge in [-0.05, 0) is 5.56 Å². The summed E-state index contributed by atoms with van der Waals surface area (Å²) in [4.78, 5) is 13.4. The zero-order chi connectivity index (χ0) is 9.52. The monoisotopic (exact) mass is 177 g/mol. The van der Waals surface area contributed by atoms with Crippen LogP contribution in [-0.4, -0.2) is 19.7 Å². The summed E-state index contributed by atoms with van der Waals surface area (Å²) in [5.41, 5.74) is 1.02. The summed E-state index contributed by atoms with van der Waals surface area (Å²) in [5, 5.41) is 0. The summed E-state index contributed by atoms with van der Waals surface area (Å²) in [5.74, 6) is 0. The number of ether oxygens (including phenoxy) is 1. The number of benzene rings is 1. The first-order valence-electron chi connectivity index (χ1n) is 4.00. The molecule has 0 radical (unpaired) electrons. The largest absolute Gasteiger partial charge is 0.375 e. The number of isocyanates is 1. The molecule has 0 heterocycles. The van der Waals surface area contributed by atoms with Gasteiger partial charge in [0.2, 0.25) is 6.08 Å². The molecule has 0 saturated heterocycles. The molecule has 0 spiro atoms. The van der Waals surface area contributed by atoms with E-state index >= 15 is 0 Å². The smallest absolute Gasteiger partial charge is 0.235 e. The molecule has 1 rings (SSSR count). The van der Waals surface area contributed by atoms with E-state index < -0.39 is 0 Å². The van der Waals surface area contributed by atoms with Gasteiger partial charge in [0.25, 0.3) is 0 Å². The van der Waals surface area contributed by atoms with Gasteiger partial charge in [0.15, 0.2) is 0 Å². The molecular weight excluding hydrogens is 166 g/mol. The van der Waals surface area contributed by atoms with Crippen molar-refractivity contribution in [3.05, 3.63) is 35.9 Å². The van der Waals surface area contributed by atoms with E-state index in [4.69, 9.17) is 4.74 Å². The molecule has 13 heavy (non-hydrogen) atoms. The number of nitrogens with zero attached hydrogens (tertiary/aromatic N) is 1. The number of rotatable bonds is 4. The van der Waals surface area contributed by atoms with Crippen LogP contribution < -0.4 is 0 Å². The predicted octanol–water partition coefficient (Wildman–Crippen LogP) is 1.71. The summed E-state index contributed by atoms with van der Waals surface area (Å²) in [7, 11) is 1.60. The van der Waals surface area contributed by atoms with Gasteiger partial charge in [-0.1, -0.05) is 30.3 Å². The molecule has 1 unspecified atom stereocenters. The fraction of sp³-hybridized carbons (Fsp3) is 0.300. The minimum Gasteiger partial charge on any atom is -0.375 e. The fourth-order valence-electron chi connectivity index (χ4n) is 1.10. The minimum absolute atomic E-state index is 0.150. The van der Waals surface area contributed by atoms with E-state index in [2.05, 4.69) is 4.99 Å². The van der Waals surface area contributed by atoms with E-state index in [0.29, 0.717) is 6.54 Å². The van der Waals surface area contributed by atoms with Crippen molar-refractivity contribution in [2.45, 2.75) is 6.10 Å². The molecule has 1 aromatic carbocycles. The molecule has 0 aliphatic heterocycles. The van der Waals surface area contributed by atoms with E-state index in [1.807, 2.05) is 30.3 Å². The Morgan fingerprint density at radius 2 is 2.15 bits per heavy atom. The van der Waals surface area contributed by atoms with Crippen LogP contribution in [0.1, 0.15) is 11.7 Å². The van der Waals surface area contributed by atoms with Crippen molar-refractivity contribution in [1.29, 1.82) is 0 Å². The maximum Gasteiger partial charge on any atom is 0.235 e. The van der Waals surface area contributed by atoms with E-state index in [0.717, 1.165) is 5.56 Å². The van der Waals surface area contributed by atoms with E-state index in [9.17, 15) is 4.79 Å². The van der Waals surface area contributed by atoms with Crippen LogP contribution in [0.15, 0.2) is 35.3 Å². The summed E-state index contributed by atoms with van der Waals surface area (Å²) < 4.78 is 5.17. The van der Waals surface area contributed by atoms with E-state index in [1.165, 1.54) is 6.08 Å². The molecule has 0 bridgehead atoms.